The highest BCUT2D eigenvalue weighted by molar-refractivity contribution is 5.36. The van der Waals surface area contributed by atoms with Crippen molar-refractivity contribution < 1.29 is 9.31 Å². The predicted molar refractivity (Wildman–Crippen MR) is 76.6 cm³/mol. The summed E-state index contributed by atoms with van der Waals surface area (Å²) < 4.78 is 14.0. The second kappa shape index (κ2) is 6.05. The molecule has 0 aromatic heterocycles. The zero-order valence-electron chi connectivity index (χ0n) is 11.8. The minimum absolute atomic E-state index is 0.406. The van der Waals surface area contributed by atoms with E-state index in [0.29, 0.717) is 18.2 Å². The summed E-state index contributed by atoms with van der Waals surface area (Å²) in [7, 11) is 0. The Hall–Kier alpha value is -1.57. The molecule has 0 unspecified atom stereocenters. The molecule has 7 heteroatoms. The lowest BCUT2D eigenvalue weighted by atomic mass is 10.0. The number of rotatable bonds is 4. The Morgan fingerprint density at radius 1 is 1.33 bits per heavy atom. The fourth-order valence-corrected chi connectivity index (χ4v) is 3.02. The van der Waals surface area contributed by atoms with E-state index in [1.54, 1.807) is 12.1 Å². The number of hydrogen-bond acceptors (Lipinski definition) is 5. The summed E-state index contributed by atoms with van der Waals surface area (Å²) in [6.45, 7) is 6.42. The second-order valence-electron chi connectivity index (χ2n) is 5.64. The molecule has 1 N–H and O–H groups in total. The highest BCUT2D eigenvalue weighted by atomic mass is 19.1. The van der Waals surface area contributed by atoms with E-state index >= 15 is 0 Å². The van der Waals surface area contributed by atoms with Crippen molar-refractivity contribution in [2.75, 3.05) is 39.3 Å². The van der Waals surface area contributed by atoms with Crippen LogP contribution in [0.25, 0.3) is 0 Å². The van der Waals surface area contributed by atoms with Crippen molar-refractivity contribution in [1.29, 1.82) is 0 Å². The molecule has 2 aliphatic heterocycles. The molecule has 2 heterocycles. The van der Waals surface area contributed by atoms with Crippen molar-refractivity contribution in [2.45, 2.75) is 12.6 Å². The molecule has 1 aromatic carbocycles. The first kappa shape index (κ1) is 14.4. The molecule has 0 bridgehead atoms. The SMILES string of the molecule is O=[N+]([O-])c1cccc(CN2CC(N3CCNCC3)C2)c1F. The number of piperazine rings is 1. The summed E-state index contributed by atoms with van der Waals surface area (Å²) in [6, 6.07) is 4.91. The molecule has 0 atom stereocenters. The highest BCUT2D eigenvalue weighted by Crippen LogP contribution is 2.24. The van der Waals surface area contributed by atoms with Gasteiger partial charge in [0, 0.05) is 63.5 Å². The third-order valence-corrected chi connectivity index (χ3v) is 4.25. The number of nitro benzene ring substituents is 1. The largest absolute Gasteiger partial charge is 0.314 e. The normalized spacial score (nSPS) is 21.2. The summed E-state index contributed by atoms with van der Waals surface area (Å²) in [6.07, 6.45) is 0. The Balaban J connectivity index is 1.57. The first-order valence-corrected chi connectivity index (χ1v) is 7.24. The van der Waals surface area contributed by atoms with Gasteiger partial charge in [-0.1, -0.05) is 12.1 Å². The van der Waals surface area contributed by atoms with Gasteiger partial charge in [-0.3, -0.25) is 19.9 Å². The van der Waals surface area contributed by atoms with Crippen LogP contribution in [0.5, 0.6) is 0 Å². The molecule has 0 aliphatic carbocycles. The van der Waals surface area contributed by atoms with Crippen LogP contribution in [0.15, 0.2) is 18.2 Å². The van der Waals surface area contributed by atoms with Gasteiger partial charge in [0.25, 0.3) is 0 Å². The van der Waals surface area contributed by atoms with Gasteiger partial charge < -0.3 is 5.32 Å². The van der Waals surface area contributed by atoms with Crippen LogP contribution in [0.3, 0.4) is 0 Å². The van der Waals surface area contributed by atoms with E-state index in [4.69, 9.17) is 0 Å². The monoisotopic (exact) mass is 294 g/mol. The molecule has 3 rings (SSSR count). The van der Waals surface area contributed by atoms with Gasteiger partial charge in [-0.05, 0) is 0 Å². The molecule has 2 aliphatic rings. The van der Waals surface area contributed by atoms with Crippen LogP contribution in [0.2, 0.25) is 0 Å². The predicted octanol–water partition coefficient (Wildman–Crippen LogP) is 0.823. The van der Waals surface area contributed by atoms with E-state index in [-0.39, 0.29) is 0 Å². The van der Waals surface area contributed by atoms with E-state index < -0.39 is 16.4 Å². The van der Waals surface area contributed by atoms with Crippen molar-refractivity contribution in [1.82, 2.24) is 15.1 Å². The molecule has 0 radical (unpaired) electrons. The second-order valence-corrected chi connectivity index (χ2v) is 5.64. The van der Waals surface area contributed by atoms with Crippen LogP contribution in [0, 0.1) is 15.9 Å². The Labute approximate surface area is 122 Å². The number of nitro groups is 1. The average molecular weight is 294 g/mol. The minimum Gasteiger partial charge on any atom is -0.314 e. The summed E-state index contributed by atoms with van der Waals surface area (Å²) in [5.41, 5.74) is -0.0327. The first-order valence-electron chi connectivity index (χ1n) is 7.24. The highest BCUT2D eigenvalue weighted by Gasteiger charge is 2.33. The molecule has 114 valence electrons. The van der Waals surface area contributed by atoms with Crippen molar-refractivity contribution in [3.8, 4) is 0 Å². The van der Waals surface area contributed by atoms with Gasteiger partial charge >= 0.3 is 5.69 Å². The van der Waals surface area contributed by atoms with Crippen molar-refractivity contribution in [2.24, 2.45) is 0 Å². The van der Waals surface area contributed by atoms with Crippen LogP contribution in [0.4, 0.5) is 10.1 Å². The van der Waals surface area contributed by atoms with Gasteiger partial charge in [0.05, 0.1) is 4.92 Å². The fourth-order valence-electron chi connectivity index (χ4n) is 3.02. The number of halogens is 1. The van der Waals surface area contributed by atoms with E-state index in [9.17, 15) is 14.5 Å². The lowest BCUT2D eigenvalue weighted by Gasteiger charge is -2.46. The number of nitrogens with zero attached hydrogens (tertiary/aromatic N) is 3. The maximum atomic E-state index is 14.0. The Bertz CT molecular complexity index is 528. The minimum atomic E-state index is -0.701. The molecule has 2 saturated heterocycles. The Morgan fingerprint density at radius 3 is 2.71 bits per heavy atom. The standard InChI is InChI=1S/C14H19FN4O2/c15-14-11(2-1-3-13(14)19(20)21)8-17-9-12(10-17)18-6-4-16-5-7-18/h1-3,12,16H,4-10H2. The number of nitrogens with one attached hydrogen (secondary N) is 1. The van der Waals surface area contributed by atoms with Gasteiger partial charge in [-0.25, -0.2) is 0 Å². The van der Waals surface area contributed by atoms with Crippen molar-refractivity contribution in [3.63, 3.8) is 0 Å². The number of benzene rings is 1. The van der Waals surface area contributed by atoms with E-state index in [2.05, 4.69) is 15.1 Å². The van der Waals surface area contributed by atoms with Gasteiger partial charge in [-0.15, -0.1) is 0 Å². The van der Waals surface area contributed by atoms with Gasteiger partial charge in [-0.2, -0.15) is 4.39 Å². The Morgan fingerprint density at radius 2 is 2.05 bits per heavy atom. The first-order chi connectivity index (χ1) is 10.1. The van der Waals surface area contributed by atoms with Gasteiger partial charge in [0.2, 0.25) is 5.82 Å². The number of hydrogen-bond donors (Lipinski definition) is 1. The molecule has 21 heavy (non-hydrogen) atoms. The maximum Gasteiger partial charge on any atom is 0.305 e. The van der Waals surface area contributed by atoms with Crippen LogP contribution < -0.4 is 5.32 Å². The molecule has 1 aromatic rings. The van der Waals surface area contributed by atoms with E-state index in [1.807, 2.05) is 0 Å². The summed E-state index contributed by atoms with van der Waals surface area (Å²) in [5, 5.41) is 14.1. The zero-order valence-corrected chi connectivity index (χ0v) is 11.8. The summed E-state index contributed by atoms with van der Waals surface area (Å²) in [4.78, 5) is 14.7. The molecule has 0 saturated carbocycles. The zero-order chi connectivity index (χ0) is 14.8. The van der Waals surface area contributed by atoms with Gasteiger partial charge in [0.1, 0.15) is 0 Å². The van der Waals surface area contributed by atoms with Crippen LogP contribution in [-0.4, -0.2) is 60.0 Å². The molecule has 6 nitrogen and oxygen atoms in total. The third-order valence-electron chi connectivity index (χ3n) is 4.25. The third kappa shape index (κ3) is 3.04. The van der Waals surface area contributed by atoms with E-state index in [1.165, 1.54) is 6.07 Å². The van der Waals surface area contributed by atoms with Crippen molar-refractivity contribution >= 4 is 5.69 Å². The van der Waals surface area contributed by atoms with E-state index in [0.717, 1.165) is 39.3 Å². The summed E-state index contributed by atoms with van der Waals surface area (Å²) >= 11 is 0. The topological polar surface area (TPSA) is 61.7 Å². The number of likely N-dealkylation sites (tertiary alicyclic amines) is 1. The summed E-state index contributed by atoms with van der Waals surface area (Å²) in [5.74, 6) is -0.701. The lowest BCUT2D eigenvalue weighted by molar-refractivity contribution is -0.387. The Kier molecular flexibility index (Phi) is 4.14. The maximum absolute atomic E-state index is 14.0. The smallest absolute Gasteiger partial charge is 0.305 e. The molecule has 2 fully saturated rings. The van der Waals surface area contributed by atoms with Crippen LogP contribution >= 0.6 is 0 Å². The fraction of sp³-hybridized carbons (Fsp3) is 0.571. The molecule has 0 spiro atoms. The van der Waals surface area contributed by atoms with Crippen LogP contribution in [0.1, 0.15) is 5.56 Å². The molecular weight excluding hydrogens is 275 g/mol. The van der Waals surface area contributed by atoms with Crippen molar-refractivity contribution in [3.05, 3.63) is 39.7 Å². The molecular formula is C14H19FN4O2. The molecule has 0 amide bonds. The van der Waals surface area contributed by atoms with Gasteiger partial charge in [0.15, 0.2) is 0 Å². The quantitative estimate of drug-likeness (QED) is 0.658. The average Bonchev–Trinajstić information content (AvgIpc) is 2.44. The lowest BCUT2D eigenvalue weighted by Crippen LogP contribution is -2.62. The van der Waals surface area contributed by atoms with Crippen LogP contribution in [-0.2, 0) is 6.54 Å².